The second-order valence-corrected chi connectivity index (χ2v) is 10.1. The molecule has 11 heteroatoms. The highest BCUT2D eigenvalue weighted by molar-refractivity contribution is 7.89. The van der Waals surface area contributed by atoms with E-state index in [1.807, 2.05) is 4.72 Å². The van der Waals surface area contributed by atoms with Crippen molar-refractivity contribution in [1.82, 2.24) is 4.72 Å². The number of rotatable bonds is 7. The predicted molar refractivity (Wildman–Crippen MR) is 126 cm³/mol. The van der Waals surface area contributed by atoms with Crippen LogP contribution in [-0.4, -0.2) is 40.9 Å². The van der Waals surface area contributed by atoms with Gasteiger partial charge < -0.3 is 18.6 Å². The van der Waals surface area contributed by atoms with Gasteiger partial charge in [0.25, 0.3) is 0 Å². The van der Waals surface area contributed by atoms with Crippen molar-refractivity contribution in [2.45, 2.75) is 18.9 Å². The largest absolute Gasteiger partial charge is 0.493 e. The predicted octanol–water partition coefficient (Wildman–Crippen LogP) is 3.36. The van der Waals surface area contributed by atoms with Crippen molar-refractivity contribution in [3.05, 3.63) is 51.6 Å². The summed E-state index contributed by atoms with van der Waals surface area (Å²) in [7, 11) is -0.673. The van der Waals surface area contributed by atoms with E-state index in [1.165, 1.54) is 20.3 Å². The van der Waals surface area contributed by atoms with Crippen molar-refractivity contribution in [3.63, 3.8) is 0 Å². The van der Waals surface area contributed by atoms with Crippen molar-refractivity contribution in [1.29, 1.82) is 0 Å². The van der Waals surface area contributed by atoms with E-state index >= 15 is 0 Å². The molecule has 4 rings (SSSR count). The van der Waals surface area contributed by atoms with Gasteiger partial charge in [0.15, 0.2) is 22.5 Å². The molecule has 1 aliphatic rings. The number of nitrogens with one attached hydrogen (secondary N) is 1. The smallest absolute Gasteiger partial charge is 0.236 e. The Hall–Kier alpha value is -3.24. The number of para-hydroxylation sites is 1. The molecule has 0 aliphatic heterocycles. The zero-order chi connectivity index (χ0) is 24.6. The Kier molecular flexibility index (Phi) is 6.46. The minimum Gasteiger partial charge on any atom is -0.493 e. The van der Waals surface area contributed by atoms with Gasteiger partial charge in [-0.15, -0.1) is 0 Å². The minimum absolute atomic E-state index is 0.215. The molecule has 0 atom stereocenters. The topological polar surface area (TPSA) is 121 Å². The molecule has 1 fully saturated rings. The van der Waals surface area contributed by atoms with Crippen LogP contribution in [0.3, 0.4) is 0 Å². The van der Waals surface area contributed by atoms with E-state index in [1.54, 1.807) is 30.3 Å². The highest BCUT2D eigenvalue weighted by Crippen LogP contribution is 2.43. The van der Waals surface area contributed by atoms with Gasteiger partial charge in [0, 0.05) is 18.1 Å². The van der Waals surface area contributed by atoms with Gasteiger partial charge in [0.05, 0.1) is 36.4 Å². The van der Waals surface area contributed by atoms with Crippen molar-refractivity contribution < 1.29 is 31.8 Å². The second kappa shape index (κ2) is 9.19. The minimum atomic E-state index is -3.63. The summed E-state index contributed by atoms with van der Waals surface area (Å²) in [6.45, 7) is 0. The molecule has 1 amide bonds. The zero-order valence-corrected chi connectivity index (χ0v) is 20.2. The van der Waals surface area contributed by atoms with Gasteiger partial charge in [-0.3, -0.25) is 14.3 Å². The molecule has 3 aromatic rings. The number of methoxy groups -OCH3 is 2. The van der Waals surface area contributed by atoms with Gasteiger partial charge in [-0.2, -0.15) is 0 Å². The molecule has 1 aromatic heterocycles. The highest BCUT2D eigenvalue weighted by Gasteiger charge is 2.37. The van der Waals surface area contributed by atoms with Crippen LogP contribution in [0.5, 0.6) is 17.2 Å². The number of ether oxygens (including phenoxy) is 3. The summed E-state index contributed by atoms with van der Waals surface area (Å²) >= 11 is 6.25. The molecule has 34 heavy (non-hydrogen) atoms. The van der Waals surface area contributed by atoms with Crippen LogP contribution >= 0.6 is 11.6 Å². The average Bonchev–Trinajstić information content (AvgIpc) is 2.74. The molecule has 1 saturated carbocycles. The molecule has 0 unspecified atom stereocenters. The number of amides is 1. The van der Waals surface area contributed by atoms with E-state index < -0.39 is 21.8 Å². The first-order chi connectivity index (χ1) is 16.1. The van der Waals surface area contributed by atoms with Crippen molar-refractivity contribution in [2.24, 2.45) is 5.92 Å². The van der Waals surface area contributed by atoms with Gasteiger partial charge in [-0.1, -0.05) is 17.7 Å². The molecule has 9 nitrogen and oxygen atoms in total. The number of sulfonamides is 1. The van der Waals surface area contributed by atoms with Crippen LogP contribution in [0.15, 0.2) is 45.6 Å². The number of hydrogen-bond donors (Lipinski definition) is 1. The SMILES string of the molecule is COc1cc(OC2CC(C(=O)NS(C)(=O)=O)C2)c(-c2cc(=O)c3cccc(Cl)c3o2)cc1OC. The Labute approximate surface area is 200 Å². The zero-order valence-electron chi connectivity index (χ0n) is 18.6. The third-order valence-corrected chi connectivity index (χ3v) is 6.37. The number of benzene rings is 2. The monoisotopic (exact) mass is 507 g/mol. The molecule has 1 heterocycles. The standard InChI is InChI=1S/C23H22ClNO8S/c1-30-20-9-15(18-10-17(26)14-5-4-6-16(24)22(14)33-18)19(11-21(20)31-2)32-13-7-12(8-13)23(27)25-34(3,28)29/h4-6,9-13H,7-8H2,1-3H3,(H,25,27). The lowest BCUT2D eigenvalue weighted by molar-refractivity contribution is -0.128. The number of carbonyl (C=O) groups is 1. The van der Waals surface area contributed by atoms with E-state index in [0.717, 1.165) is 6.26 Å². The summed E-state index contributed by atoms with van der Waals surface area (Å²) in [5.41, 5.74) is 0.398. The van der Waals surface area contributed by atoms with E-state index in [-0.39, 0.29) is 27.9 Å². The molecule has 0 saturated heterocycles. The highest BCUT2D eigenvalue weighted by atomic mass is 35.5. The molecule has 0 bridgehead atoms. The van der Waals surface area contributed by atoms with Gasteiger partial charge in [-0.25, -0.2) is 8.42 Å². The van der Waals surface area contributed by atoms with E-state index in [4.69, 9.17) is 30.2 Å². The van der Waals surface area contributed by atoms with Crippen LogP contribution in [-0.2, 0) is 14.8 Å². The van der Waals surface area contributed by atoms with Crippen LogP contribution in [0.4, 0.5) is 0 Å². The number of carbonyl (C=O) groups excluding carboxylic acids is 1. The average molecular weight is 508 g/mol. The maximum Gasteiger partial charge on any atom is 0.236 e. The molecule has 180 valence electrons. The van der Waals surface area contributed by atoms with Crippen LogP contribution < -0.4 is 24.4 Å². The number of halogens is 1. The summed E-state index contributed by atoms with van der Waals surface area (Å²) in [6.07, 6.45) is 1.21. The summed E-state index contributed by atoms with van der Waals surface area (Å²) in [4.78, 5) is 24.8. The molecular weight excluding hydrogens is 486 g/mol. The second-order valence-electron chi connectivity index (χ2n) is 7.94. The molecule has 0 radical (unpaired) electrons. The summed E-state index contributed by atoms with van der Waals surface area (Å²) < 4.78 is 47.5. The van der Waals surface area contributed by atoms with E-state index in [0.29, 0.717) is 41.0 Å². The lowest BCUT2D eigenvalue weighted by Crippen LogP contribution is -2.45. The van der Waals surface area contributed by atoms with Crippen LogP contribution in [0, 0.1) is 5.92 Å². The number of fused-ring (bicyclic) bond motifs is 1. The lowest BCUT2D eigenvalue weighted by atomic mass is 9.82. The quantitative estimate of drug-likeness (QED) is 0.516. The van der Waals surface area contributed by atoms with Gasteiger partial charge >= 0.3 is 0 Å². The Balaban J connectivity index is 1.69. The summed E-state index contributed by atoms with van der Waals surface area (Å²) in [6, 6.07) is 9.49. The van der Waals surface area contributed by atoms with Gasteiger partial charge in [0.2, 0.25) is 15.9 Å². The third kappa shape index (κ3) is 4.83. The van der Waals surface area contributed by atoms with E-state index in [9.17, 15) is 18.0 Å². The van der Waals surface area contributed by atoms with Crippen LogP contribution in [0.2, 0.25) is 5.02 Å². The summed E-state index contributed by atoms with van der Waals surface area (Å²) in [5, 5.41) is 0.635. The first-order valence-electron chi connectivity index (χ1n) is 10.3. The van der Waals surface area contributed by atoms with E-state index in [2.05, 4.69) is 0 Å². The Morgan fingerprint density at radius 2 is 1.76 bits per heavy atom. The molecule has 1 aliphatic carbocycles. The Bertz CT molecular complexity index is 1430. The molecule has 1 N–H and O–H groups in total. The van der Waals surface area contributed by atoms with Crippen LogP contribution in [0.25, 0.3) is 22.3 Å². The lowest BCUT2D eigenvalue weighted by Gasteiger charge is -2.34. The molecule has 0 spiro atoms. The summed E-state index contributed by atoms with van der Waals surface area (Å²) in [5.74, 6) is 0.302. The number of hydrogen-bond acceptors (Lipinski definition) is 8. The Morgan fingerprint density at radius 1 is 1.09 bits per heavy atom. The van der Waals surface area contributed by atoms with Gasteiger partial charge in [0.1, 0.15) is 17.6 Å². The first-order valence-corrected chi connectivity index (χ1v) is 12.5. The third-order valence-electron chi connectivity index (χ3n) is 5.50. The van der Waals surface area contributed by atoms with Gasteiger partial charge in [-0.05, 0) is 31.0 Å². The van der Waals surface area contributed by atoms with Crippen molar-refractivity contribution >= 4 is 38.5 Å². The van der Waals surface area contributed by atoms with Crippen LogP contribution in [0.1, 0.15) is 12.8 Å². The maximum absolute atomic E-state index is 12.7. The first kappa shape index (κ1) is 23.9. The maximum atomic E-state index is 12.7. The van der Waals surface area contributed by atoms with Crippen molar-refractivity contribution in [3.8, 4) is 28.6 Å². The fourth-order valence-corrected chi connectivity index (χ4v) is 4.49. The van der Waals surface area contributed by atoms with Crippen molar-refractivity contribution in [2.75, 3.05) is 20.5 Å². The fourth-order valence-electron chi connectivity index (χ4n) is 3.75. The normalized spacial score (nSPS) is 17.6. The fraction of sp³-hybridized carbons (Fsp3) is 0.304. The molecule has 2 aromatic carbocycles. The molecular formula is C23H22ClNO8S. The Morgan fingerprint density at radius 3 is 2.41 bits per heavy atom.